The Morgan fingerprint density at radius 3 is 2.62 bits per heavy atom. The van der Waals surface area contributed by atoms with E-state index in [9.17, 15) is 9.59 Å². The minimum absolute atomic E-state index is 0.0218. The minimum atomic E-state index is -0.867. The summed E-state index contributed by atoms with van der Waals surface area (Å²) in [7, 11) is 0. The number of hydrogen-bond donors (Lipinski definition) is 1. The Hall–Kier alpha value is -1.14. The summed E-state index contributed by atoms with van der Waals surface area (Å²) in [6.07, 6.45) is -0.955. The number of esters is 1. The predicted molar refractivity (Wildman–Crippen MR) is 50.8 cm³/mol. The van der Waals surface area contributed by atoms with Crippen LogP contribution in [0.15, 0.2) is 0 Å². The van der Waals surface area contributed by atoms with Crippen LogP contribution in [-0.2, 0) is 23.8 Å². The number of carboxylic acids is 1. The van der Waals surface area contributed by atoms with Crippen molar-refractivity contribution in [2.24, 2.45) is 5.92 Å². The fourth-order valence-electron chi connectivity index (χ4n) is 2.26. The van der Waals surface area contributed by atoms with Gasteiger partial charge in [0.2, 0.25) is 0 Å². The smallest absolute Gasteiger partial charge is 0.303 e. The van der Waals surface area contributed by atoms with Gasteiger partial charge in [-0.3, -0.25) is 9.59 Å². The molecule has 1 N–H and O–H groups in total. The molecule has 2 heterocycles. The molecule has 6 heteroatoms. The van der Waals surface area contributed by atoms with Gasteiger partial charge >= 0.3 is 11.9 Å². The van der Waals surface area contributed by atoms with Crippen LogP contribution in [0.2, 0.25) is 0 Å². The van der Waals surface area contributed by atoms with E-state index in [-0.39, 0.29) is 37.1 Å². The molecular weight excluding hydrogens is 216 g/mol. The van der Waals surface area contributed by atoms with Gasteiger partial charge in [-0.25, -0.2) is 0 Å². The molecule has 90 valence electrons. The number of ether oxygens (including phenoxy) is 3. The van der Waals surface area contributed by atoms with E-state index in [1.807, 2.05) is 0 Å². The van der Waals surface area contributed by atoms with Crippen LogP contribution < -0.4 is 0 Å². The standard InChI is InChI=1S/C10H14O6/c1-5(11)16-7-4-15-9-6(2-8(12)13)3-14-10(7)9/h6-7,9-10H,2-4H2,1H3,(H,12,13)/t6-,7+,9+,10-/m0/s1. The number of aliphatic carboxylic acids is 1. The van der Waals surface area contributed by atoms with Gasteiger partial charge in [-0.2, -0.15) is 0 Å². The molecule has 0 aromatic carbocycles. The van der Waals surface area contributed by atoms with Crippen molar-refractivity contribution in [2.75, 3.05) is 13.2 Å². The first-order chi connectivity index (χ1) is 7.58. The molecule has 0 amide bonds. The molecule has 2 rings (SSSR count). The summed E-state index contributed by atoms with van der Waals surface area (Å²) in [5.74, 6) is -1.39. The predicted octanol–water partition coefficient (Wildman–Crippen LogP) is -0.193. The minimum Gasteiger partial charge on any atom is -0.481 e. The molecule has 0 aromatic heterocycles. The fourth-order valence-corrected chi connectivity index (χ4v) is 2.26. The average molecular weight is 230 g/mol. The molecular formula is C10H14O6. The fraction of sp³-hybridized carbons (Fsp3) is 0.800. The second-order valence-electron chi connectivity index (χ2n) is 4.10. The molecule has 0 spiro atoms. The maximum absolute atomic E-state index is 10.8. The third-order valence-corrected chi connectivity index (χ3v) is 2.86. The Morgan fingerprint density at radius 2 is 2.00 bits per heavy atom. The van der Waals surface area contributed by atoms with Crippen LogP contribution in [0.5, 0.6) is 0 Å². The van der Waals surface area contributed by atoms with Crippen LogP contribution in [0.3, 0.4) is 0 Å². The second kappa shape index (κ2) is 4.39. The van der Waals surface area contributed by atoms with E-state index in [0.29, 0.717) is 6.61 Å². The lowest BCUT2D eigenvalue weighted by molar-refractivity contribution is -0.150. The van der Waals surface area contributed by atoms with Gasteiger partial charge in [0, 0.05) is 12.8 Å². The SMILES string of the molecule is CC(=O)O[C@@H]1CO[C@@H]2[C@@H](CC(=O)O)CO[C@H]21. The maximum atomic E-state index is 10.8. The number of carbonyl (C=O) groups is 2. The van der Waals surface area contributed by atoms with E-state index < -0.39 is 12.1 Å². The molecule has 2 saturated heterocycles. The zero-order valence-corrected chi connectivity index (χ0v) is 8.92. The van der Waals surface area contributed by atoms with Crippen LogP contribution in [0.1, 0.15) is 13.3 Å². The Labute approximate surface area is 92.5 Å². The van der Waals surface area contributed by atoms with Gasteiger partial charge in [-0.1, -0.05) is 0 Å². The monoisotopic (exact) mass is 230 g/mol. The number of carbonyl (C=O) groups excluding carboxylic acids is 1. The van der Waals surface area contributed by atoms with Crippen molar-refractivity contribution in [3.63, 3.8) is 0 Å². The number of hydrogen-bond acceptors (Lipinski definition) is 5. The molecule has 2 fully saturated rings. The molecule has 4 atom stereocenters. The van der Waals surface area contributed by atoms with Crippen molar-refractivity contribution in [2.45, 2.75) is 31.7 Å². The van der Waals surface area contributed by atoms with E-state index >= 15 is 0 Å². The van der Waals surface area contributed by atoms with E-state index in [1.54, 1.807) is 0 Å². The Bertz CT molecular complexity index is 272. The molecule has 0 unspecified atom stereocenters. The van der Waals surface area contributed by atoms with Crippen molar-refractivity contribution in [3.05, 3.63) is 0 Å². The van der Waals surface area contributed by atoms with Gasteiger partial charge in [0.25, 0.3) is 0 Å². The maximum Gasteiger partial charge on any atom is 0.303 e. The van der Waals surface area contributed by atoms with E-state index in [0.717, 1.165) is 0 Å². The van der Waals surface area contributed by atoms with E-state index in [4.69, 9.17) is 19.3 Å². The third-order valence-electron chi connectivity index (χ3n) is 2.86. The van der Waals surface area contributed by atoms with Gasteiger partial charge < -0.3 is 19.3 Å². The summed E-state index contributed by atoms with van der Waals surface area (Å²) >= 11 is 0. The highest BCUT2D eigenvalue weighted by atomic mass is 16.6. The lowest BCUT2D eigenvalue weighted by Gasteiger charge is -2.15. The Kier molecular flexibility index (Phi) is 3.11. The van der Waals surface area contributed by atoms with Gasteiger partial charge in [0.1, 0.15) is 6.10 Å². The van der Waals surface area contributed by atoms with Gasteiger partial charge in [-0.05, 0) is 0 Å². The molecule has 0 saturated carbocycles. The first kappa shape index (κ1) is 11.3. The van der Waals surface area contributed by atoms with Gasteiger partial charge in [0.15, 0.2) is 6.10 Å². The highest BCUT2D eigenvalue weighted by Crippen LogP contribution is 2.34. The van der Waals surface area contributed by atoms with Gasteiger partial charge in [-0.15, -0.1) is 0 Å². The zero-order chi connectivity index (χ0) is 11.7. The van der Waals surface area contributed by atoms with Crippen molar-refractivity contribution < 1.29 is 28.9 Å². The normalized spacial score (nSPS) is 37.1. The molecule has 0 bridgehead atoms. The highest BCUT2D eigenvalue weighted by molar-refractivity contribution is 5.67. The topological polar surface area (TPSA) is 82.1 Å². The molecule has 2 aliphatic heterocycles. The molecule has 6 nitrogen and oxygen atoms in total. The van der Waals surface area contributed by atoms with Crippen LogP contribution in [0.25, 0.3) is 0 Å². The van der Waals surface area contributed by atoms with Crippen LogP contribution in [0.4, 0.5) is 0 Å². The Balaban J connectivity index is 1.95. The van der Waals surface area contributed by atoms with Crippen LogP contribution >= 0.6 is 0 Å². The van der Waals surface area contributed by atoms with E-state index in [2.05, 4.69) is 0 Å². The molecule has 0 aliphatic carbocycles. The zero-order valence-electron chi connectivity index (χ0n) is 8.92. The Morgan fingerprint density at radius 1 is 1.31 bits per heavy atom. The summed E-state index contributed by atoms with van der Waals surface area (Å²) < 4.78 is 15.9. The third kappa shape index (κ3) is 2.17. The molecule has 2 aliphatic rings. The average Bonchev–Trinajstić information content (AvgIpc) is 2.70. The van der Waals surface area contributed by atoms with Crippen LogP contribution in [-0.4, -0.2) is 48.6 Å². The van der Waals surface area contributed by atoms with Crippen LogP contribution in [0, 0.1) is 5.92 Å². The second-order valence-corrected chi connectivity index (χ2v) is 4.10. The number of fused-ring (bicyclic) bond motifs is 1. The quantitative estimate of drug-likeness (QED) is 0.676. The van der Waals surface area contributed by atoms with Crippen molar-refractivity contribution in [3.8, 4) is 0 Å². The molecule has 0 radical (unpaired) electrons. The van der Waals surface area contributed by atoms with Gasteiger partial charge in [0.05, 0.1) is 25.7 Å². The summed E-state index contributed by atoms with van der Waals surface area (Å²) in [5, 5.41) is 8.71. The van der Waals surface area contributed by atoms with Crippen molar-refractivity contribution in [1.29, 1.82) is 0 Å². The summed E-state index contributed by atoms with van der Waals surface area (Å²) in [5.41, 5.74) is 0. The lowest BCUT2D eigenvalue weighted by Crippen LogP contribution is -2.32. The lowest BCUT2D eigenvalue weighted by atomic mass is 9.98. The molecule has 0 aromatic rings. The number of carboxylic acid groups (broad SMARTS) is 1. The van der Waals surface area contributed by atoms with E-state index in [1.165, 1.54) is 6.92 Å². The summed E-state index contributed by atoms with van der Waals surface area (Å²) in [4.78, 5) is 21.4. The number of rotatable bonds is 3. The summed E-state index contributed by atoms with van der Waals surface area (Å²) in [6.45, 7) is 1.96. The van der Waals surface area contributed by atoms with Crippen molar-refractivity contribution >= 4 is 11.9 Å². The first-order valence-electron chi connectivity index (χ1n) is 5.20. The molecule has 16 heavy (non-hydrogen) atoms. The summed E-state index contributed by atoms with van der Waals surface area (Å²) in [6, 6.07) is 0. The van der Waals surface area contributed by atoms with Crippen molar-refractivity contribution in [1.82, 2.24) is 0 Å². The first-order valence-corrected chi connectivity index (χ1v) is 5.20. The largest absolute Gasteiger partial charge is 0.481 e. The highest BCUT2D eigenvalue weighted by Gasteiger charge is 2.49.